The Morgan fingerprint density at radius 1 is 1.38 bits per heavy atom. The molecular formula is C12H19NO3. The lowest BCUT2D eigenvalue weighted by Gasteiger charge is -2.16. The average Bonchev–Trinajstić information content (AvgIpc) is 2.29. The van der Waals surface area contributed by atoms with E-state index in [1.807, 2.05) is 6.92 Å². The van der Waals surface area contributed by atoms with Crippen LogP contribution in [0.4, 0.5) is 0 Å². The molecule has 0 amide bonds. The summed E-state index contributed by atoms with van der Waals surface area (Å²) < 4.78 is 10.1. The zero-order chi connectivity index (χ0) is 12.0. The number of aliphatic hydroxyl groups is 1. The van der Waals surface area contributed by atoms with Crippen LogP contribution in [0, 0.1) is 5.92 Å². The van der Waals surface area contributed by atoms with Crippen molar-refractivity contribution in [2.45, 2.75) is 19.4 Å². The predicted octanol–water partition coefficient (Wildman–Crippen LogP) is 1.80. The van der Waals surface area contributed by atoms with Crippen molar-refractivity contribution in [3.8, 4) is 5.75 Å². The normalized spacial score (nSPS) is 14.5. The summed E-state index contributed by atoms with van der Waals surface area (Å²) in [6.45, 7) is 2.69. The Bertz CT molecular complexity index is 317. The highest BCUT2D eigenvalue weighted by Crippen LogP contribution is 2.23. The molecule has 1 aromatic heterocycles. The Hall–Kier alpha value is -1.13. The van der Waals surface area contributed by atoms with E-state index in [9.17, 15) is 5.11 Å². The van der Waals surface area contributed by atoms with E-state index < -0.39 is 6.10 Å². The molecule has 90 valence electrons. The molecule has 2 unspecified atom stereocenters. The maximum absolute atomic E-state index is 9.99. The predicted molar refractivity (Wildman–Crippen MR) is 61.4 cm³/mol. The van der Waals surface area contributed by atoms with Crippen LogP contribution < -0.4 is 4.74 Å². The summed E-state index contributed by atoms with van der Waals surface area (Å²) >= 11 is 0. The molecular weight excluding hydrogens is 206 g/mol. The number of ether oxygens (including phenoxy) is 2. The van der Waals surface area contributed by atoms with Crippen molar-refractivity contribution in [3.05, 3.63) is 24.0 Å². The van der Waals surface area contributed by atoms with Crippen LogP contribution in [0.15, 0.2) is 18.5 Å². The molecule has 0 aliphatic carbocycles. The molecule has 2 atom stereocenters. The van der Waals surface area contributed by atoms with E-state index in [1.54, 1.807) is 32.7 Å². The molecule has 0 saturated carbocycles. The van der Waals surface area contributed by atoms with Gasteiger partial charge in [-0.25, -0.2) is 0 Å². The van der Waals surface area contributed by atoms with Gasteiger partial charge in [-0.1, -0.05) is 6.92 Å². The Labute approximate surface area is 96.2 Å². The zero-order valence-electron chi connectivity index (χ0n) is 10.0. The van der Waals surface area contributed by atoms with Gasteiger partial charge in [-0.2, -0.15) is 0 Å². The van der Waals surface area contributed by atoms with Crippen molar-refractivity contribution in [1.29, 1.82) is 0 Å². The van der Waals surface area contributed by atoms with Gasteiger partial charge >= 0.3 is 0 Å². The van der Waals surface area contributed by atoms with Gasteiger partial charge in [0.25, 0.3) is 0 Å². The van der Waals surface area contributed by atoms with Crippen LogP contribution in [0.25, 0.3) is 0 Å². The molecule has 4 heteroatoms. The summed E-state index contributed by atoms with van der Waals surface area (Å²) in [5, 5.41) is 9.99. The quantitative estimate of drug-likeness (QED) is 0.802. The number of pyridine rings is 1. The van der Waals surface area contributed by atoms with Gasteiger partial charge in [0.15, 0.2) is 0 Å². The minimum Gasteiger partial charge on any atom is -0.495 e. The maximum atomic E-state index is 9.99. The van der Waals surface area contributed by atoms with Gasteiger partial charge in [0.1, 0.15) is 5.75 Å². The van der Waals surface area contributed by atoms with E-state index in [0.717, 1.165) is 5.56 Å². The maximum Gasteiger partial charge on any atom is 0.137 e. The lowest BCUT2D eigenvalue weighted by molar-refractivity contribution is 0.101. The number of rotatable bonds is 6. The standard InChI is InChI=1S/C12H19NO3/c1-9(8-15-2)4-12(14)10-5-11(16-3)7-13-6-10/h5-7,9,12,14H,4,8H2,1-3H3. The fourth-order valence-corrected chi connectivity index (χ4v) is 1.60. The fourth-order valence-electron chi connectivity index (χ4n) is 1.60. The van der Waals surface area contributed by atoms with Crippen LogP contribution in [-0.2, 0) is 4.74 Å². The Morgan fingerprint density at radius 3 is 2.75 bits per heavy atom. The Balaban J connectivity index is 2.61. The van der Waals surface area contributed by atoms with E-state index in [1.165, 1.54) is 0 Å². The first-order valence-electron chi connectivity index (χ1n) is 5.33. The highest BCUT2D eigenvalue weighted by atomic mass is 16.5. The molecule has 0 fully saturated rings. The van der Waals surface area contributed by atoms with Gasteiger partial charge in [0.05, 0.1) is 19.4 Å². The van der Waals surface area contributed by atoms with E-state index in [0.29, 0.717) is 24.7 Å². The highest BCUT2D eigenvalue weighted by Gasteiger charge is 2.13. The SMILES string of the molecule is COCC(C)CC(O)c1cncc(OC)c1. The number of hydrogen-bond acceptors (Lipinski definition) is 4. The largest absolute Gasteiger partial charge is 0.495 e. The van der Waals surface area contributed by atoms with E-state index in [-0.39, 0.29) is 0 Å². The second kappa shape index (κ2) is 6.45. The van der Waals surface area contributed by atoms with Gasteiger partial charge in [0.2, 0.25) is 0 Å². The lowest BCUT2D eigenvalue weighted by atomic mass is 10.00. The third kappa shape index (κ3) is 3.79. The molecule has 0 aliphatic rings. The van der Waals surface area contributed by atoms with Crippen molar-refractivity contribution >= 4 is 0 Å². The molecule has 0 bridgehead atoms. The van der Waals surface area contributed by atoms with Crippen molar-refractivity contribution in [1.82, 2.24) is 4.98 Å². The van der Waals surface area contributed by atoms with Gasteiger partial charge in [0, 0.05) is 25.5 Å². The van der Waals surface area contributed by atoms with E-state index in [2.05, 4.69) is 4.98 Å². The topological polar surface area (TPSA) is 51.6 Å². The third-order valence-corrected chi connectivity index (χ3v) is 2.43. The first kappa shape index (κ1) is 12.9. The molecule has 4 nitrogen and oxygen atoms in total. The zero-order valence-corrected chi connectivity index (χ0v) is 10.0. The van der Waals surface area contributed by atoms with Crippen LogP contribution in [-0.4, -0.2) is 30.9 Å². The van der Waals surface area contributed by atoms with Gasteiger partial charge in [-0.15, -0.1) is 0 Å². The lowest BCUT2D eigenvalue weighted by Crippen LogP contribution is -2.09. The molecule has 16 heavy (non-hydrogen) atoms. The molecule has 1 heterocycles. The summed E-state index contributed by atoms with van der Waals surface area (Å²) in [5.41, 5.74) is 0.780. The number of methoxy groups -OCH3 is 2. The number of nitrogens with zero attached hydrogens (tertiary/aromatic N) is 1. The summed E-state index contributed by atoms with van der Waals surface area (Å²) in [7, 11) is 3.25. The second-order valence-electron chi connectivity index (χ2n) is 3.97. The number of hydrogen-bond donors (Lipinski definition) is 1. The van der Waals surface area contributed by atoms with Crippen molar-refractivity contribution in [3.63, 3.8) is 0 Å². The van der Waals surface area contributed by atoms with Crippen LogP contribution >= 0.6 is 0 Å². The number of aromatic nitrogens is 1. The molecule has 0 saturated heterocycles. The van der Waals surface area contributed by atoms with Gasteiger partial charge < -0.3 is 14.6 Å². The van der Waals surface area contributed by atoms with Crippen LogP contribution in [0.2, 0.25) is 0 Å². The Morgan fingerprint density at radius 2 is 2.12 bits per heavy atom. The summed E-state index contributed by atoms with van der Waals surface area (Å²) in [5.74, 6) is 0.974. The first-order valence-corrected chi connectivity index (χ1v) is 5.33. The molecule has 0 spiro atoms. The number of aliphatic hydroxyl groups excluding tert-OH is 1. The minimum absolute atomic E-state index is 0.311. The smallest absolute Gasteiger partial charge is 0.137 e. The molecule has 0 aromatic carbocycles. The van der Waals surface area contributed by atoms with Crippen molar-refractivity contribution in [2.24, 2.45) is 5.92 Å². The average molecular weight is 225 g/mol. The van der Waals surface area contributed by atoms with Gasteiger partial charge in [-0.05, 0) is 18.4 Å². The van der Waals surface area contributed by atoms with E-state index >= 15 is 0 Å². The van der Waals surface area contributed by atoms with Gasteiger partial charge in [-0.3, -0.25) is 4.98 Å². The fraction of sp³-hybridized carbons (Fsp3) is 0.583. The monoisotopic (exact) mass is 225 g/mol. The molecule has 0 radical (unpaired) electrons. The van der Waals surface area contributed by atoms with E-state index in [4.69, 9.17) is 9.47 Å². The second-order valence-corrected chi connectivity index (χ2v) is 3.97. The summed E-state index contributed by atoms with van der Waals surface area (Å²) in [4.78, 5) is 4.01. The van der Waals surface area contributed by atoms with Crippen molar-refractivity contribution in [2.75, 3.05) is 20.8 Å². The van der Waals surface area contributed by atoms with Crippen LogP contribution in [0.3, 0.4) is 0 Å². The highest BCUT2D eigenvalue weighted by molar-refractivity contribution is 5.24. The first-order chi connectivity index (χ1) is 7.67. The third-order valence-electron chi connectivity index (χ3n) is 2.43. The summed E-state index contributed by atoms with van der Waals surface area (Å²) in [6, 6.07) is 1.80. The minimum atomic E-state index is -0.521. The summed E-state index contributed by atoms with van der Waals surface area (Å²) in [6.07, 6.45) is 3.41. The van der Waals surface area contributed by atoms with Crippen LogP contribution in [0.1, 0.15) is 25.0 Å². The molecule has 0 aliphatic heterocycles. The molecule has 1 rings (SSSR count). The molecule has 1 N–H and O–H groups in total. The van der Waals surface area contributed by atoms with Crippen LogP contribution in [0.5, 0.6) is 5.75 Å². The Kier molecular flexibility index (Phi) is 5.22. The van der Waals surface area contributed by atoms with Crippen molar-refractivity contribution < 1.29 is 14.6 Å². The molecule has 1 aromatic rings.